The molecule has 0 amide bonds. The summed E-state index contributed by atoms with van der Waals surface area (Å²) in [5, 5.41) is 0. The highest BCUT2D eigenvalue weighted by Crippen LogP contribution is 2.32. The molecule has 0 aliphatic heterocycles. The van der Waals surface area contributed by atoms with E-state index < -0.39 is 0 Å². The van der Waals surface area contributed by atoms with Crippen molar-refractivity contribution in [2.24, 2.45) is 11.7 Å². The van der Waals surface area contributed by atoms with Gasteiger partial charge in [-0.25, -0.2) is 0 Å². The first-order valence-corrected chi connectivity index (χ1v) is 6.20. The van der Waals surface area contributed by atoms with Crippen molar-refractivity contribution in [2.75, 3.05) is 6.61 Å². The standard InChI is InChI=1S/C12H16BrNO/c13-11-3-4-12(10(7-11)8-14)15-6-5-9-1-2-9/h3-4,7,9H,1-2,5-6,8,14H2. The van der Waals surface area contributed by atoms with Crippen LogP contribution < -0.4 is 10.5 Å². The maximum atomic E-state index is 5.73. The molecule has 1 saturated carbocycles. The number of halogens is 1. The summed E-state index contributed by atoms with van der Waals surface area (Å²) < 4.78 is 6.79. The van der Waals surface area contributed by atoms with E-state index in [-0.39, 0.29) is 0 Å². The van der Waals surface area contributed by atoms with Gasteiger partial charge in [-0.1, -0.05) is 28.8 Å². The fraction of sp³-hybridized carbons (Fsp3) is 0.500. The van der Waals surface area contributed by atoms with Gasteiger partial charge in [0.1, 0.15) is 5.75 Å². The zero-order valence-corrected chi connectivity index (χ0v) is 10.3. The second-order valence-electron chi connectivity index (χ2n) is 4.04. The van der Waals surface area contributed by atoms with Crippen molar-refractivity contribution in [3.05, 3.63) is 28.2 Å². The van der Waals surface area contributed by atoms with Gasteiger partial charge in [-0.3, -0.25) is 0 Å². The molecule has 0 unspecified atom stereocenters. The van der Waals surface area contributed by atoms with Crippen LogP contribution in [0.2, 0.25) is 0 Å². The Kier molecular flexibility index (Phi) is 3.65. The molecule has 0 aromatic heterocycles. The van der Waals surface area contributed by atoms with E-state index in [1.54, 1.807) is 0 Å². The number of hydrogen-bond donors (Lipinski definition) is 1. The molecule has 82 valence electrons. The lowest BCUT2D eigenvalue weighted by Gasteiger charge is -2.10. The van der Waals surface area contributed by atoms with Crippen molar-refractivity contribution in [3.8, 4) is 5.75 Å². The Balaban J connectivity index is 1.92. The first-order valence-electron chi connectivity index (χ1n) is 5.41. The molecule has 0 saturated heterocycles. The van der Waals surface area contributed by atoms with Gasteiger partial charge in [0.25, 0.3) is 0 Å². The summed E-state index contributed by atoms with van der Waals surface area (Å²) in [6, 6.07) is 6.00. The molecule has 2 N–H and O–H groups in total. The molecule has 1 fully saturated rings. The van der Waals surface area contributed by atoms with Crippen LogP contribution in [-0.4, -0.2) is 6.61 Å². The molecule has 1 aromatic rings. The van der Waals surface area contributed by atoms with E-state index in [2.05, 4.69) is 15.9 Å². The first-order chi connectivity index (χ1) is 7.29. The van der Waals surface area contributed by atoms with Gasteiger partial charge in [0, 0.05) is 16.6 Å². The molecule has 0 bridgehead atoms. The zero-order valence-electron chi connectivity index (χ0n) is 8.71. The second-order valence-corrected chi connectivity index (χ2v) is 4.95. The quantitative estimate of drug-likeness (QED) is 0.892. The van der Waals surface area contributed by atoms with Crippen LogP contribution in [0.1, 0.15) is 24.8 Å². The van der Waals surface area contributed by atoms with Crippen LogP contribution in [0, 0.1) is 5.92 Å². The fourth-order valence-electron chi connectivity index (χ4n) is 1.59. The SMILES string of the molecule is NCc1cc(Br)ccc1OCCC1CC1. The van der Waals surface area contributed by atoms with E-state index in [9.17, 15) is 0 Å². The number of nitrogens with two attached hydrogens (primary N) is 1. The normalized spacial score (nSPS) is 15.3. The largest absolute Gasteiger partial charge is 0.493 e. The molecular weight excluding hydrogens is 254 g/mol. The third-order valence-electron chi connectivity index (χ3n) is 2.72. The Hall–Kier alpha value is -0.540. The summed E-state index contributed by atoms with van der Waals surface area (Å²) >= 11 is 3.43. The Morgan fingerprint density at radius 1 is 1.40 bits per heavy atom. The summed E-state index contributed by atoms with van der Waals surface area (Å²) in [5.74, 6) is 1.85. The maximum Gasteiger partial charge on any atom is 0.123 e. The van der Waals surface area contributed by atoms with Gasteiger partial charge in [-0.15, -0.1) is 0 Å². The molecule has 15 heavy (non-hydrogen) atoms. The average Bonchev–Trinajstić information content (AvgIpc) is 3.04. The highest BCUT2D eigenvalue weighted by atomic mass is 79.9. The fourth-order valence-corrected chi connectivity index (χ4v) is 2.00. The van der Waals surface area contributed by atoms with Gasteiger partial charge in [0.05, 0.1) is 6.61 Å². The second kappa shape index (κ2) is 4.99. The Labute approximate surface area is 98.9 Å². The topological polar surface area (TPSA) is 35.2 Å². The van der Waals surface area contributed by atoms with Crippen LogP contribution >= 0.6 is 15.9 Å². The smallest absolute Gasteiger partial charge is 0.123 e. The van der Waals surface area contributed by atoms with Crippen LogP contribution in [0.15, 0.2) is 22.7 Å². The molecule has 1 aliphatic rings. The predicted octanol–water partition coefficient (Wildman–Crippen LogP) is 3.09. The molecular formula is C12H16BrNO. The van der Waals surface area contributed by atoms with Gasteiger partial charge in [0.15, 0.2) is 0 Å². The molecule has 1 aromatic carbocycles. The van der Waals surface area contributed by atoms with Gasteiger partial charge < -0.3 is 10.5 Å². The Morgan fingerprint density at radius 3 is 2.87 bits per heavy atom. The monoisotopic (exact) mass is 269 g/mol. The minimum absolute atomic E-state index is 0.526. The molecule has 0 spiro atoms. The minimum atomic E-state index is 0.526. The van der Waals surface area contributed by atoms with Gasteiger partial charge in [0.2, 0.25) is 0 Å². The van der Waals surface area contributed by atoms with E-state index in [0.29, 0.717) is 6.54 Å². The highest BCUT2D eigenvalue weighted by molar-refractivity contribution is 9.10. The third kappa shape index (κ3) is 3.21. The summed E-state index contributed by atoms with van der Waals surface area (Å²) in [4.78, 5) is 0. The molecule has 2 nitrogen and oxygen atoms in total. The summed E-state index contributed by atoms with van der Waals surface area (Å²) in [6.45, 7) is 1.34. The van der Waals surface area contributed by atoms with Crippen molar-refractivity contribution in [3.63, 3.8) is 0 Å². The Morgan fingerprint density at radius 2 is 2.20 bits per heavy atom. The summed E-state index contributed by atoms with van der Waals surface area (Å²) in [7, 11) is 0. The maximum absolute atomic E-state index is 5.73. The van der Waals surface area contributed by atoms with Crippen molar-refractivity contribution in [1.82, 2.24) is 0 Å². The lowest BCUT2D eigenvalue weighted by molar-refractivity contribution is 0.299. The highest BCUT2D eigenvalue weighted by Gasteiger charge is 2.20. The number of rotatable bonds is 5. The van der Waals surface area contributed by atoms with E-state index in [0.717, 1.165) is 28.3 Å². The Bertz CT molecular complexity index is 336. The predicted molar refractivity (Wildman–Crippen MR) is 64.9 cm³/mol. The van der Waals surface area contributed by atoms with Gasteiger partial charge in [-0.05, 0) is 30.5 Å². The molecule has 0 atom stereocenters. The zero-order chi connectivity index (χ0) is 10.7. The van der Waals surface area contributed by atoms with E-state index in [1.165, 1.54) is 19.3 Å². The van der Waals surface area contributed by atoms with Crippen LogP contribution in [0.3, 0.4) is 0 Å². The van der Waals surface area contributed by atoms with Crippen LogP contribution in [0.5, 0.6) is 5.75 Å². The van der Waals surface area contributed by atoms with Crippen LogP contribution in [-0.2, 0) is 6.54 Å². The van der Waals surface area contributed by atoms with Crippen molar-refractivity contribution in [2.45, 2.75) is 25.8 Å². The first kappa shape index (κ1) is 11.0. The van der Waals surface area contributed by atoms with Crippen LogP contribution in [0.4, 0.5) is 0 Å². The lowest BCUT2D eigenvalue weighted by Crippen LogP contribution is -2.04. The molecule has 1 aliphatic carbocycles. The van der Waals surface area contributed by atoms with Crippen LogP contribution in [0.25, 0.3) is 0 Å². The minimum Gasteiger partial charge on any atom is -0.493 e. The van der Waals surface area contributed by atoms with Crippen molar-refractivity contribution < 1.29 is 4.74 Å². The third-order valence-corrected chi connectivity index (χ3v) is 3.22. The summed E-state index contributed by atoms with van der Waals surface area (Å²) in [6.07, 6.45) is 3.95. The van der Waals surface area contributed by atoms with Gasteiger partial charge in [-0.2, -0.15) is 0 Å². The molecule has 0 radical (unpaired) electrons. The van der Waals surface area contributed by atoms with E-state index in [1.807, 2.05) is 18.2 Å². The molecule has 2 rings (SSSR count). The molecule has 3 heteroatoms. The number of ether oxygens (including phenoxy) is 1. The summed E-state index contributed by atoms with van der Waals surface area (Å²) in [5.41, 5.74) is 6.73. The van der Waals surface area contributed by atoms with Crippen molar-refractivity contribution >= 4 is 15.9 Å². The number of benzene rings is 1. The van der Waals surface area contributed by atoms with E-state index in [4.69, 9.17) is 10.5 Å². The molecule has 0 heterocycles. The lowest BCUT2D eigenvalue weighted by atomic mass is 10.2. The van der Waals surface area contributed by atoms with Gasteiger partial charge >= 0.3 is 0 Å². The van der Waals surface area contributed by atoms with Crippen molar-refractivity contribution in [1.29, 1.82) is 0 Å². The number of hydrogen-bond acceptors (Lipinski definition) is 2. The average molecular weight is 270 g/mol. The van der Waals surface area contributed by atoms with E-state index >= 15 is 0 Å².